The van der Waals surface area contributed by atoms with E-state index in [0.717, 1.165) is 19.6 Å². The molecule has 0 aromatic heterocycles. The summed E-state index contributed by atoms with van der Waals surface area (Å²) in [4.78, 5) is 0. The number of rotatable bonds is 4. The summed E-state index contributed by atoms with van der Waals surface area (Å²) in [6, 6.07) is 11.2. The Morgan fingerprint density at radius 3 is 2.53 bits per heavy atom. The van der Waals surface area contributed by atoms with Gasteiger partial charge in [-0.1, -0.05) is 36.8 Å². The van der Waals surface area contributed by atoms with Crippen LogP contribution < -0.4 is 11.3 Å². The Labute approximate surface area is 115 Å². The van der Waals surface area contributed by atoms with Crippen molar-refractivity contribution in [3.63, 3.8) is 0 Å². The lowest BCUT2D eigenvalue weighted by atomic mass is 9.57. The van der Waals surface area contributed by atoms with Crippen molar-refractivity contribution >= 4 is 0 Å². The molecule has 1 heterocycles. The Morgan fingerprint density at radius 1 is 1.21 bits per heavy atom. The average Bonchev–Trinajstić information content (AvgIpc) is 2.44. The SMILES string of the molecule is NNC(C1CCCOC1)C1(c2ccccc2)CCC1. The predicted octanol–water partition coefficient (Wildman–Crippen LogP) is 2.37. The van der Waals surface area contributed by atoms with Crippen LogP contribution in [0.3, 0.4) is 0 Å². The lowest BCUT2D eigenvalue weighted by Gasteiger charge is -2.51. The number of hydrogen-bond acceptors (Lipinski definition) is 3. The first-order chi connectivity index (χ1) is 9.37. The van der Waals surface area contributed by atoms with E-state index in [-0.39, 0.29) is 5.41 Å². The molecular formula is C16H24N2O. The molecule has 1 aromatic carbocycles. The van der Waals surface area contributed by atoms with Gasteiger partial charge in [0.2, 0.25) is 0 Å². The van der Waals surface area contributed by atoms with E-state index in [9.17, 15) is 0 Å². The third-order valence-electron chi connectivity index (χ3n) is 5.04. The van der Waals surface area contributed by atoms with Crippen molar-refractivity contribution in [2.75, 3.05) is 13.2 Å². The van der Waals surface area contributed by atoms with E-state index in [4.69, 9.17) is 10.6 Å². The molecule has 3 rings (SSSR count). The summed E-state index contributed by atoms with van der Waals surface area (Å²) in [5.74, 6) is 6.47. The highest BCUT2D eigenvalue weighted by Gasteiger charge is 2.48. The Bertz CT molecular complexity index is 396. The summed E-state index contributed by atoms with van der Waals surface area (Å²) in [6.45, 7) is 1.76. The number of hydrogen-bond donors (Lipinski definition) is 2. The Balaban J connectivity index is 1.87. The molecule has 1 aliphatic heterocycles. The summed E-state index contributed by atoms with van der Waals surface area (Å²) >= 11 is 0. The minimum Gasteiger partial charge on any atom is -0.381 e. The van der Waals surface area contributed by atoms with Gasteiger partial charge in [0.05, 0.1) is 6.61 Å². The zero-order chi connectivity index (χ0) is 13.1. The van der Waals surface area contributed by atoms with E-state index < -0.39 is 0 Å². The number of nitrogens with one attached hydrogen (secondary N) is 1. The molecule has 19 heavy (non-hydrogen) atoms. The molecule has 1 aromatic rings. The van der Waals surface area contributed by atoms with Crippen LogP contribution >= 0.6 is 0 Å². The van der Waals surface area contributed by atoms with Gasteiger partial charge in [-0.15, -0.1) is 0 Å². The van der Waals surface area contributed by atoms with E-state index in [2.05, 4.69) is 35.8 Å². The van der Waals surface area contributed by atoms with Gasteiger partial charge in [0.1, 0.15) is 0 Å². The number of nitrogens with two attached hydrogens (primary N) is 1. The van der Waals surface area contributed by atoms with Crippen LogP contribution in [0.15, 0.2) is 30.3 Å². The molecule has 0 spiro atoms. The largest absolute Gasteiger partial charge is 0.381 e. The molecule has 104 valence electrons. The number of benzene rings is 1. The van der Waals surface area contributed by atoms with E-state index in [0.29, 0.717) is 12.0 Å². The molecule has 0 radical (unpaired) electrons. The van der Waals surface area contributed by atoms with Gasteiger partial charge in [-0.3, -0.25) is 11.3 Å². The Morgan fingerprint density at radius 2 is 2.00 bits per heavy atom. The molecule has 1 saturated heterocycles. The van der Waals surface area contributed by atoms with Gasteiger partial charge in [0, 0.05) is 18.1 Å². The Kier molecular flexibility index (Phi) is 3.87. The van der Waals surface area contributed by atoms with Crippen LogP contribution in [0.5, 0.6) is 0 Å². The molecule has 0 amide bonds. The first kappa shape index (κ1) is 13.1. The number of ether oxygens (including phenoxy) is 1. The third-order valence-corrected chi connectivity index (χ3v) is 5.04. The third kappa shape index (κ3) is 2.31. The molecular weight excluding hydrogens is 236 g/mol. The summed E-state index contributed by atoms with van der Waals surface area (Å²) < 4.78 is 5.67. The van der Waals surface area contributed by atoms with Crippen LogP contribution in [0.25, 0.3) is 0 Å². The van der Waals surface area contributed by atoms with Crippen LogP contribution in [0.4, 0.5) is 0 Å². The molecule has 0 bridgehead atoms. The highest BCUT2D eigenvalue weighted by atomic mass is 16.5. The fourth-order valence-electron chi connectivity index (χ4n) is 3.88. The maximum atomic E-state index is 5.93. The van der Waals surface area contributed by atoms with Crippen molar-refractivity contribution in [2.24, 2.45) is 11.8 Å². The zero-order valence-electron chi connectivity index (χ0n) is 11.5. The molecule has 2 unspecified atom stereocenters. The van der Waals surface area contributed by atoms with Crippen LogP contribution in [0, 0.1) is 5.92 Å². The van der Waals surface area contributed by atoms with Crippen molar-refractivity contribution in [3.8, 4) is 0 Å². The molecule has 3 nitrogen and oxygen atoms in total. The van der Waals surface area contributed by atoms with Crippen molar-refractivity contribution in [3.05, 3.63) is 35.9 Å². The van der Waals surface area contributed by atoms with Crippen molar-refractivity contribution in [1.82, 2.24) is 5.43 Å². The normalized spacial score (nSPS) is 27.5. The number of hydrazine groups is 1. The van der Waals surface area contributed by atoms with E-state index in [1.165, 1.54) is 31.2 Å². The maximum Gasteiger partial charge on any atom is 0.0510 e. The van der Waals surface area contributed by atoms with Crippen LogP contribution in [0.2, 0.25) is 0 Å². The van der Waals surface area contributed by atoms with E-state index in [1.54, 1.807) is 0 Å². The maximum absolute atomic E-state index is 5.93. The average molecular weight is 260 g/mol. The zero-order valence-corrected chi connectivity index (χ0v) is 11.5. The van der Waals surface area contributed by atoms with Gasteiger partial charge in [-0.25, -0.2) is 0 Å². The predicted molar refractivity (Wildman–Crippen MR) is 76.6 cm³/mol. The first-order valence-corrected chi connectivity index (χ1v) is 7.46. The summed E-state index contributed by atoms with van der Waals surface area (Å²) in [7, 11) is 0. The lowest BCUT2D eigenvalue weighted by molar-refractivity contribution is 0.00822. The topological polar surface area (TPSA) is 47.3 Å². The fraction of sp³-hybridized carbons (Fsp3) is 0.625. The van der Waals surface area contributed by atoms with Gasteiger partial charge >= 0.3 is 0 Å². The summed E-state index contributed by atoms with van der Waals surface area (Å²) in [5.41, 5.74) is 4.80. The van der Waals surface area contributed by atoms with Crippen molar-refractivity contribution in [2.45, 2.75) is 43.6 Å². The Hall–Kier alpha value is -0.900. The second-order valence-electron chi connectivity index (χ2n) is 6.00. The molecule has 3 N–H and O–H groups in total. The smallest absolute Gasteiger partial charge is 0.0510 e. The van der Waals surface area contributed by atoms with Gasteiger partial charge in [0.25, 0.3) is 0 Å². The molecule has 2 aliphatic rings. The molecule has 2 atom stereocenters. The van der Waals surface area contributed by atoms with Gasteiger partial charge in [-0.05, 0) is 37.2 Å². The van der Waals surface area contributed by atoms with E-state index in [1.807, 2.05) is 0 Å². The minimum absolute atomic E-state index is 0.224. The minimum atomic E-state index is 0.224. The van der Waals surface area contributed by atoms with Gasteiger partial charge < -0.3 is 4.74 Å². The second kappa shape index (κ2) is 5.61. The molecule has 2 fully saturated rings. The van der Waals surface area contributed by atoms with Crippen LogP contribution in [-0.2, 0) is 10.2 Å². The highest BCUT2D eigenvalue weighted by Crippen LogP contribution is 2.49. The van der Waals surface area contributed by atoms with Gasteiger partial charge in [0.15, 0.2) is 0 Å². The quantitative estimate of drug-likeness (QED) is 0.645. The van der Waals surface area contributed by atoms with Crippen molar-refractivity contribution < 1.29 is 4.74 Å². The molecule has 1 saturated carbocycles. The van der Waals surface area contributed by atoms with Gasteiger partial charge in [-0.2, -0.15) is 0 Å². The summed E-state index contributed by atoms with van der Waals surface area (Å²) in [6.07, 6.45) is 6.17. The monoisotopic (exact) mass is 260 g/mol. The second-order valence-corrected chi connectivity index (χ2v) is 6.00. The van der Waals surface area contributed by atoms with Crippen molar-refractivity contribution in [1.29, 1.82) is 0 Å². The van der Waals surface area contributed by atoms with Crippen LogP contribution in [0.1, 0.15) is 37.7 Å². The first-order valence-electron chi connectivity index (χ1n) is 7.46. The highest BCUT2D eigenvalue weighted by molar-refractivity contribution is 5.31. The van der Waals surface area contributed by atoms with Crippen LogP contribution in [-0.4, -0.2) is 19.3 Å². The summed E-state index contributed by atoms with van der Waals surface area (Å²) in [5, 5.41) is 0. The fourth-order valence-corrected chi connectivity index (χ4v) is 3.88. The van der Waals surface area contributed by atoms with E-state index >= 15 is 0 Å². The molecule has 1 aliphatic carbocycles. The standard InChI is InChI=1S/C16H24N2O/c17-18-15(13-6-4-11-19-12-13)16(9-5-10-16)14-7-2-1-3-8-14/h1-3,7-8,13,15,18H,4-6,9-12,17H2. The lowest BCUT2D eigenvalue weighted by Crippen LogP contribution is -2.59. The molecule has 3 heteroatoms.